The summed E-state index contributed by atoms with van der Waals surface area (Å²) < 4.78 is 13.3. The van der Waals surface area contributed by atoms with E-state index >= 15 is 0 Å². The van der Waals surface area contributed by atoms with Crippen LogP contribution in [-0.4, -0.2) is 63.9 Å². The minimum absolute atomic E-state index is 0.128. The quantitative estimate of drug-likeness (QED) is 0.302. The molecule has 8 nitrogen and oxygen atoms in total. The first-order chi connectivity index (χ1) is 20.5. The standard InChI is InChI=1S/C34H45N5O3S/c1-21-22(2)43-31-28(21)29(35-27(14-19-41-7)30-37-36-23(3)39(30)31)26-10-8-24(9-11-26)25-12-15-34(16-13-25)17-18-38(20-34)32(40)42-33(4,5)6/h8-11,25,27H,12-20H2,1-7H3/t25?,27-,34?/m0/s1. The van der Waals surface area contributed by atoms with E-state index in [0.717, 1.165) is 79.5 Å². The highest BCUT2D eigenvalue weighted by atomic mass is 32.1. The number of nitrogens with zero attached hydrogens (tertiary/aromatic N) is 5. The number of benzene rings is 1. The minimum Gasteiger partial charge on any atom is -0.444 e. The number of aryl methyl sites for hydroxylation is 2. The van der Waals surface area contributed by atoms with Gasteiger partial charge in [0.05, 0.1) is 5.71 Å². The molecular weight excluding hydrogens is 558 g/mol. The number of fused-ring (bicyclic) bond motifs is 3. The Labute approximate surface area is 259 Å². The number of likely N-dealkylation sites (tertiary alicyclic amines) is 1. The van der Waals surface area contributed by atoms with Gasteiger partial charge < -0.3 is 14.4 Å². The molecule has 1 amide bonds. The molecule has 1 aliphatic carbocycles. The third-order valence-corrected chi connectivity index (χ3v) is 10.8. The number of aliphatic imine (C=N–C) groups is 1. The first-order valence-corrected chi connectivity index (χ1v) is 16.5. The highest BCUT2D eigenvalue weighted by Gasteiger charge is 2.43. The summed E-state index contributed by atoms with van der Waals surface area (Å²) >= 11 is 1.79. The van der Waals surface area contributed by atoms with Crippen molar-refractivity contribution in [1.29, 1.82) is 0 Å². The van der Waals surface area contributed by atoms with Gasteiger partial charge in [-0.05, 0) is 96.1 Å². The van der Waals surface area contributed by atoms with Crippen LogP contribution in [0.4, 0.5) is 4.79 Å². The lowest BCUT2D eigenvalue weighted by Gasteiger charge is -2.37. The van der Waals surface area contributed by atoms with Crippen LogP contribution in [0.1, 0.15) is 110 Å². The molecule has 2 aliphatic heterocycles. The lowest BCUT2D eigenvalue weighted by molar-refractivity contribution is 0.0260. The van der Waals surface area contributed by atoms with E-state index in [1.54, 1.807) is 18.4 Å². The van der Waals surface area contributed by atoms with Crippen molar-refractivity contribution in [3.63, 3.8) is 0 Å². The van der Waals surface area contributed by atoms with Crippen molar-refractivity contribution in [3.05, 3.63) is 63.0 Å². The highest BCUT2D eigenvalue weighted by Crippen LogP contribution is 2.48. The number of methoxy groups -OCH3 is 1. The van der Waals surface area contributed by atoms with Crippen LogP contribution in [0.3, 0.4) is 0 Å². The molecule has 1 spiro atoms. The third-order valence-electron chi connectivity index (χ3n) is 9.63. The first kappa shape index (κ1) is 30.0. The third kappa shape index (κ3) is 5.78. The summed E-state index contributed by atoms with van der Waals surface area (Å²) in [4.78, 5) is 21.3. The van der Waals surface area contributed by atoms with Gasteiger partial charge in [0.1, 0.15) is 22.5 Å². The number of carbonyl (C=O) groups excluding carboxylic acids is 1. The molecule has 230 valence electrons. The molecule has 2 aromatic heterocycles. The Morgan fingerprint density at radius 2 is 1.79 bits per heavy atom. The van der Waals surface area contributed by atoms with Gasteiger partial charge in [-0.2, -0.15) is 0 Å². The second kappa shape index (κ2) is 11.5. The number of rotatable bonds is 5. The average molecular weight is 604 g/mol. The summed E-state index contributed by atoms with van der Waals surface area (Å²) in [6.07, 6.45) is 6.28. The molecule has 0 unspecified atom stereocenters. The number of hydrogen-bond donors (Lipinski definition) is 0. The molecule has 4 heterocycles. The van der Waals surface area contributed by atoms with Gasteiger partial charge in [0.2, 0.25) is 0 Å². The molecule has 1 saturated heterocycles. The zero-order valence-corrected chi connectivity index (χ0v) is 27.5. The van der Waals surface area contributed by atoms with Gasteiger partial charge in [-0.25, -0.2) is 4.79 Å². The summed E-state index contributed by atoms with van der Waals surface area (Å²) in [5, 5.41) is 10.2. The van der Waals surface area contributed by atoms with Crippen molar-refractivity contribution in [1.82, 2.24) is 19.7 Å². The van der Waals surface area contributed by atoms with E-state index in [-0.39, 0.29) is 17.6 Å². The molecule has 0 bridgehead atoms. The number of thiophene rings is 1. The molecule has 1 aromatic carbocycles. The summed E-state index contributed by atoms with van der Waals surface area (Å²) in [7, 11) is 1.73. The molecule has 43 heavy (non-hydrogen) atoms. The molecule has 9 heteroatoms. The largest absolute Gasteiger partial charge is 0.444 e. The van der Waals surface area contributed by atoms with Crippen molar-refractivity contribution in [2.24, 2.45) is 10.4 Å². The molecule has 1 saturated carbocycles. The predicted molar refractivity (Wildman–Crippen MR) is 171 cm³/mol. The maximum absolute atomic E-state index is 12.7. The van der Waals surface area contributed by atoms with Crippen LogP contribution >= 0.6 is 11.3 Å². The van der Waals surface area contributed by atoms with E-state index in [1.807, 2.05) is 32.6 Å². The molecule has 0 radical (unpaired) electrons. The highest BCUT2D eigenvalue weighted by molar-refractivity contribution is 7.15. The van der Waals surface area contributed by atoms with E-state index in [4.69, 9.17) is 14.5 Å². The Balaban J connectivity index is 1.21. The van der Waals surface area contributed by atoms with Crippen LogP contribution in [-0.2, 0) is 9.47 Å². The van der Waals surface area contributed by atoms with Gasteiger partial charge >= 0.3 is 6.09 Å². The number of ether oxygens (including phenoxy) is 2. The summed E-state index contributed by atoms with van der Waals surface area (Å²) in [5.41, 5.74) is 5.81. The van der Waals surface area contributed by atoms with Crippen LogP contribution in [0, 0.1) is 26.2 Å². The van der Waals surface area contributed by atoms with Crippen LogP contribution < -0.4 is 0 Å². The van der Waals surface area contributed by atoms with Gasteiger partial charge in [-0.1, -0.05) is 24.3 Å². The van der Waals surface area contributed by atoms with Gasteiger partial charge in [-0.3, -0.25) is 9.56 Å². The van der Waals surface area contributed by atoms with Gasteiger partial charge in [0.25, 0.3) is 0 Å². The predicted octanol–water partition coefficient (Wildman–Crippen LogP) is 7.47. The topological polar surface area (TPSA) is 81.8 Å². The Kier molecular flexibility index (Phi) is 8.00. The number of hydrogen-bond acceptors (Lipinski definition) is 7. The SMILES string of the molecule is COCC[C@@H]1N=C(c2ccc(C3CCC4(CC3)CCN(C(=O)OC(C)(C)C)C4)cc2)c2c(sc(C)c2C)-n2c(C)nnc21. The molecule has 3 aliphatic rings. The molecule has 1 atom stereocenters. The fourth-order valence-electron chi connectivity index (χ4n) is 7.11. The van der Waals surface area contributed by atoms with E-state index < -0.39 is 5.60 Å². The molecular formula is C34H45N5O3S. The van der Waals surface area contributed by atoms with Crippen molar-refractivity contribution >= 4 is 23.1 Å². The fourth-order valence-corrected chi connectivity index (χ4v) is 8.33. The molecule has 3 aromatic rings. The monoisotopic (exact) mass is 603 g/mol. The summed E-state index contributed by atoms with van der Waals surface area (Å²) in [6.45, 7) is 14.5. The second-order valence-corrected chi connectivity index (χ2v) is 14.9. The van der Waals surface area contributed by atoms with Crippen molar-refractivity contribution in [2.75, 3.05) is 26.8 Å². The van der Waals surface area contributed by atoms with E-state index in [9.17, 15) is 4.79 Å². The molecule has 0 N–H and O–H groups in total. The van der Waals surface area contributed by atoms with Crippen LogP contribution in [0.15, 0.2) is 29.3 Å². The number of amides is 1. The van der Waals surface area contributed by atoms with Crippen LogP contribution in [0.25, 0.3) is 5.00 Å². The maximum Gasteiger partial charge on any atom is 0.410 e. The average Bonchev–Trinajstić information content (AvgIpc) is 3.62. The Morgan fingerprint density at radius 1 is 1.07 bits per heavy atom. The van der Waals surface area contributed by atoms with Crippen molar-refractivity contribution in [2.45, 2.75) is 97.6 Å². The van der Waals surface area contributed by atoms with Gasteiger partial charge in [0.15, 0.2) is 5.82 Å². The number of aromatic nitrogens is 3. The molecule has 2 fully saturated rings. The second-order valence-electron chi connectivity index (χ2n) is 13.7. The Hall–Kier alpha value is -3.04. The lowest BCUT2D eigenvalue weighted by Crippen LogP contribution is -2.37. The van der Waals surface area contributed by atoms with Crippen molar-refractivity contribution in [3.8, 4) is 5.00 Å². The fraction of sp³-hybridized carbons (Fsp3) is 0.588. The van der Waals surface area contributed by atoms with Gasteiger partial charge in [-0.15, -0.1) is 21.5 Å². The van der Waals surface area contributed by atoms with Crippen molar-refractivity contribution < 1.29 is 14.3 Å². The Morgan fingerprint density at radius 3 is 2.47 bits per heavy atom. The Bertz CT molecular complexity index is 1520. The van der Waals surface area contributed by atoms with Crippen LogP contribution in [0.2, 0.25) is 0 Å². The van der Waals surface area contributed by atoms with Gasteiger partial charge in [0, 0.05) is 49.2 Å². The van der Waals surface area contributed by atoms with E-state index in [1.165, 1.54) is 21.6 Å². The lowest BCUT2D eigenvalue weighted by atomic mass is 9.68. The minimum atomic E-state index is -0.454. The first-order valence-electron chi connectivity index (χ1n) is 15.7. The normalized spacial score (nSPS) is 23.6. The zero-order chi connectivity index (χ0) is 30.5. The zero-order valence-electron chi connectivity index (χ0n) is 26.7. The van der Waals surface area contributed by atoms with Crippen LogP contribution in [0.5, 0.6) is 0 Å². The summed E-state index contributed by atoms with van der Waals surface area (Å²) in [5.74, 6) is 2.32. The maximum atomic E-state index is 12.7. The number of carbonyl (C=O) groups is 1. The molecule has 6 rings (SSSR count). The van der Waals surface area contributed by atoms with E-state index in [0.29, 0.717) is 12.5 Å². The van der Waals surface area contributed by atoms with E-state index in [2.05, 4.69) is 52.9 Å². The summed E-state index contributed by atoms with van der Waals surface area (Å²) in [6, 6.07) is 9.03. The smallest absolute Gasteiger partial charge is 0.410 e.